The van der Waals surface area contributed by atoms with Gasteiger partial charge >= 0.3 is 0 Å². The van der Waals surface area contributed by atoms with Crippen LogP contribution in [-0.2, 0) is 10.5 Å². The lowest BCUT2D eigenvalue weighted by atomic mass is 9.83. The molecule has 0 aliphatic carbocycles. The van der Waals surface area contributed by atoms with Gasteiger partial charge in [0, 0.05) is 11.1 Å². The molecule has 2 aromatic carbocycles. The Morgan fingerprint density at radius 3 is 2.21 bits per heavy atom. The molecule has 2 heterocycles. The second-order valence-electron chi connectivity index (χ2n) is 6.13. The quantitative estimate of drug-likeness (QED) is 0.645. The lowest BCUT2D eigenvalue weighted by molar-refractivity contribution is -0.125. The van der Waals surface area contributed by atoms with Crippen molar-refractivity contribution in [1.82, 2.24) is 0 Å². The highest BCUT2D eigenvalue weighted by atomic mass is 32.1. The maximum absolute atomic E-state index is 15.7. The first-order valence-corrected chi connectivity index (χ1v) is 8.96. The second-order valence-corrected chi connectivity index (χ2v) is 7.10. The molecule has 142 valence electrons. The number of nitrogens with one attached hydrogen (secondary N) is 1. The molecule has 4 nitrogen and oxygen atoms in total. The fraction of sp³-hybridized carbons (Fsp3) is 0.100. The van der Waals surface area contributed by atoms with Crippen LogP contribution in [0.25, 0.3) is 11.1 Å². The molecule has 1 amide bonds. The number of anilines is 1. The van der Waals surface area contributed by atoms with Gasteiger partial charge in [0.05, 0.1) is 12.7 Å². The van der Waals surface area contributed by atoms with E-state index in [9.17, 15) is 18.4 Å². The van der Waals surface area contributed by atoms with Gasteiger partial charge < -0.3 is 10.1 Å². The van der Waals surface area contributed by atoms with E-state index in [1.807, 2.05) is 0 Å². The fourth-order valence-electron chi connectivity index (χ4n) is 3.13. The Kier molecular flexibility index (Phi) is 4.23. The number of thiophene rings is 1. The number of fused-ring (bicyclic) bond motifs is 1. The number of carbonyl (C=O) groups is 2. The molecule has 0 saturated heterocycles. The van der Waals surface area contributed by atoms with Gasteiger partial charge in [-0.05, 0) is 29.8 Å². The second kappa shape index (κ2) is 6.49. The van der Waals surface area contributed by atoms with Crippen LogP contribution in [0.2, 0.25) is 0 Å². The highest BCUT2D eigenvalue weighted by Crippen LogP contribution is 2.47. The molecular formula is C20H12F3NO3S. The fourth-order valence-corrected chi connectivity index (χ4v) is 4.07. The molecular weight excluding hydrogens is 391 g/mol. The number of alkyl halides is 1. The number of hydrogen-bond donors (Lipinski definition) is 1. The number of halogens is 3. The summed E-state index contributed by atoms with van der Waals surface area (Å²) in [7, 11) is 1.47. The SMILES string of the molecule is COc1ccc(-c2c(F)sc3c2C(=O)C(F)(c2ccc(F)cc2)C(=O)N3)cc1. The number of ether oxygens (including phenoxy) is 1. The summed E-state index contributed by atoms with van der Waals surface area (Å²) in [4.78, 5) is 25.4. The summed E-state index contributed by atoms with van der Waals surface area (Å²) in [5.41, 5.74) is -3.43. The van der Waals surface area contributed by atoms with Gasteiger partial charge in [-0.3, -0.25) is 9.59 Å². The van der Waals surface area contributed by atoms with E-state index in [-0.39, 0.29) is 21.7 Å². The Bertz CT molecular complexity index is 1090. The molecule has 1 aliphatic heterocycles. The summed E-state index contributed by atoms with van der Waals surface area (Å²) in [5, 5.41) is 1.48. The Labute approximate surface area is 161 Å². The topological polar surface area (TPSA) is 55.4 Å². The summed E-state index contributed by atoms with van der Waals surface area (Å²) in [5.74, 6) is -2.54. The summed E-state index contributed by atoms with van der Waals surface area (Å²) in [6.45, 7) is 0. The van der Waals surface area contributed by atoms with Crippen molar-refractivity contribution >= 4 is 28.0 Å². The van der Waals surface area contributed by atoms with Crippen molar-refractivity contribution < 1.29 is 27.5 Å². The molecule has 0 fully saturated rings. The molecule has 3 aromatic rings. The van der Waals surface area contributed by atoms with E-state index >= 15 is 4.39 Å². The molecule has 1 atom stereocenters. The highest BCUT2D eigenvalue weighted by molar-refractivity contribution is 7.15. The zero-order valence-corrected chi connectivity index (χ0v) is 15.2. The number of ketones is 1. The number of Topliss-reactive ketones (excluding diaryl/α,β-unsaturated/α-hetero) is 1. The normalized spacial score (nSPS) is 18.6. The largest absolute Gasteiger partial charge is 0.497 e. The van der Waals surface area contributed by atoms with Gasteiger partial charge in [0.1, 0.15) is 16.6 Å². The van der Waals surface area contributed by atoms with Crippen molar-refractivity contribution in [3.8, 4) is 16.9 Å². The van der Waals surface area contributed by atoms with E-state index in [1.165, 1.54) is 19.2 Å². The maximum atomic E-state index is 15.7. The number of rotatable bonds is 3. The Hall–Kier alpha value is -3.13. The van der Waals surface area contributed by atoms with Gasteiger partial charge in [0.25, 0.3) is 11.6 Å². The van der Waals surface area contributed by atoms with E-state index in [0.29, 0.717) is 22.6 Å². The van der Waals surface area contributed by atoms with Crippen LogP contribution in [0.3, 0.4) is 0 Å². The van der Waals surface area contributed by atoms with Crippen molar-refractivity contribution in [3.63, 3.8) is 0 Å². The lowest BCUT2D eigenvalue weighted by Crippen LogP contribution is -2.47. The molecule has 8 heteroatoms. The van der Waals surface area contributed by atoms with E-state index in [4.69, 9.17) is 4.74 Å². The van der Waals surface area contributed by atoms with Gasteiger partial charge in [0.15, 0.2) is 5.13 Å². The minimum Gasteiger partial charge on any atom is -0.497 e. The summed E-state index contributed by atoms with van der Waals surface area (Å²) in [6, 6.07) is 10.2. The van der Waals surface area contributed by atoms with Crippen molar-refractivity contribution in [2.24, 2.45) is 0 Å². The molecule has 0 spiro atoms. The first-order chi connectivity index (χ1) is 13.4. The molecule has 1 N–H and O–H groups in total. The van der Waals surface area contributed by atoms with Gasteiger partial charge in [-0.2, -0.15) is 4.39 Å². The Morgan fingerprint density at radius 1 is 0.964 bits per heavy atom. The first-order valence-electron chi connectivity index (χ1n) is 8.14. The monoisotopic (exact) mass is 403 g/mol. The van der Waals surface area contributed by atoms with Crippen LogP contribution in [-0.4, -0.2) is 18.8 Å². The summed E-state index contributed by atoms with van der Waals surface area (Å²) in [6.07, 6.45) is 0. The lowest BCUT2D eigenvalue weighted by Gasteiger charge is -2.28. The van der Waals surface area contributed by atoms with Gasteiger partial charge in [-0.15, -0.1) is 0 Å². The van der Waals surface area contributed by atoms with Crippen LogP contribution < -0.4 is 10.1 Å². The number of amides is 1. The van der Waals surface area contributed by atoms with Crippen LogP contribution in [0.5, 0.6) is 5.75 Å². The third-order valence-corrected chi connectivity index (χ3v) is 5.46. The van der Waals surface area contributed by atoms with Crippen molar-refractivity contribution in [1.29, 1.82) is 0 Å². The molecule has 1 aliphatic rings. The van der Waals surface area contributed by atoms with Gasteiger partial charge in [-0.1, -0.05) is 35.6 Å². The third-order valence-electron chi connectivity index (χ3n) is 4.57. The highest BCUT2D eigenvalue weighted by Gasteiger charge is 2.54. The van der Waals surface area contributed by atoms with Gasteiger partial charge in [-0.25, -0.2) is 8.78 Å². The number of benzene rings is 2. The average Bonchev–Trinajstić information content (AvgIpc) is 3.02. The van der Waals surface area contributed by atoms with Crippen molar-refractivity contribution in [2.75, 3.05) is 12.4 Å². The molecule has 28 heavy (non-hydrogen) atoms. The minimum atomic E-state index is -3.09. The van der Waals surface area contributed by atoms with Crippen LogP contribution in [0.1, 0.15) is 15.9 Å². The summed E-state index contributed by atoms with van der Waals surface area (Å²) < 4.78 is 48.6. The van der Waals surface area contributed by atoms with E-state index < -0.39 is 28.3 Å². The van der Waals surface area contributed by atoms with E-state index in [1.54, 1.807) is 12.1 Å². The van der Waals surface area contributed by atoms with E-state index in [2.05, 4.69) is 5.32 Å². The van der Waals surface area contributed by atoms with Crippen LogP contribution in [0.4, 0.5) is 18.2 Å². The van der Waals surface area contributed by atoms with Gasteiger partial charge in [0.2, 0.25) is 5.78 Å². The summed E-state index contributed by atoms with van der Waals surface area (Å²) >= 11 is 0.550. The smallest absolute Gasteiger partial charge is 0.275 e. The molecule has 0 radical (unpaired) electrons. The Balaban J connectivity index is 1.88. The molecule has 0 saturated carbocycles. The predicted octanol–water partition coefficient (Wildman–Crippen LogP) is 4.70. The number of methoxy groups -OCH3 is 1. The van der Waals surface area contributed by atoms with Crippen LogP contribution in [0, 0.1) is 10.9 Å². The number of carbonyl (C=O) groups excluding carboxylic acids is 2. The molecule has 0 bridgehead atoms. The maximum Gasteiger partial charge on any atom is 0.275 e. The van der Waals surface area contributed by atoms with Crippen LogP contribution in [0.15, 0.2) is 48.5 Å². The Morgan fingerprint density at radius 2 is 1.61 bits per heavy atom. The molecule has 1 unspecified atom stereocenters. The number of hydrogen-bond acceptors (Lipinski definition) is 4. The molecule has 4 rings (SSSR count). The van der Waals surface area contributed by atoms with Crippen LogP contribution >= 0.6 is 11.3 Å². The zero-order chi connectivity index (χ0) is 20.1. The minimum absolute atomic E-state index is 0.0614. The van der Waals surface area contributed by atoms with E-state index in [0.717, 1.165) is 24.3 Å². The molecule has 1 aromatic heterocycles. The van der Waals surface area contributed by atoms with Crippen molar-refractivity contribution in [2.45, 2.75) is 5.67 Å². The van der Waals surface area contributed by atoms with Crippen molar-refractivity contribution in [3.05, 3.63) is 70.6 Å². The standard InChI is InChI=1S/C20H12F3NO3S/c1-27-13-8-2-10(3-9-13)14-15-16(25)20(23,11-4-6-12(21)7-5-11)19(26)24-18(15)28-17(14)22/h2-9H,1H3,(H,24,26). The average molecular weight is 403 g/mol. The zero-order valence-electron chi connectivity index (χ0n) is 14.4. The third kappa shape index (κ3) is 2.60. The predicted molar refractivity (Wildman–Crippen MR) is 98.4 cm³/mol. The first kappa shape index (κ1) is 18.2.